The average Bonchev–Trinajstić information content (AvgIpc) is 3.25. The van der Waals surface area contributed by atoms with Gasteiger partial charge in [0, 0.05) is 12.2 Å². The summed E-state index contributed by atoms with van der Waals surface area (Å²) in [5, 5.41) is 3.20. The Kier molecular flexibility index (Phi) is 5.69. The molecule has 3 aromatic rings. The molecule has 0 aliphatic carbocycles. The van der Waals surface area contributed by atoms with Gasteiger partial charge in [0.05, 0.1) is 23.7 Å². The van der Waals surface area contributed by atoms with E-state index in [-0.39, 0.29) is 10.9 Å². The van der Waals surface area contributed by atoms with Gasteiger partial charge >= 0.3 is 0 Å². The van der Waals surface area contributed by atoms with Crippen molar-refractivity contribution in [1.82, 2.24) is 14.3 Å². The first-order chi connectivity index (χ1) is 14.5. The first-order valence-electron chi connectivity index (χ1n) is 9.81. The number of nitrogens with zero attached hydrogens (tertiary/aromatic N) is 3. The van der Waals surface area contributed by atoms with E-state index >= 15 is 0 Å². The zero-order valence-corrected chi connectivity index (χ0v) is 17.8. The maximum absolute atomic E-state index is 13.3. The lowest BCUT2D eigenvalue weighted by Gasteiger charge is -2.24. The van der Waals surface area contributed by atoms with Crippen molar-refractivity contribution in [3.63, 3.8) is 0 Å². The van der Waals surface area contributed by atoms with E-state index in [1.54, 1.807) is 35.7 Å². The van der Waals surface area contributed by atoms with Crippen LogP contribution in [0.15, 0.2) is 65.6 Å². The van der Waals surface area contributed by atoms with Crippen molar-refractivity contribution >= 4 is 21.7 Å². The Morgan fingerprint density at radius 2 is 1.70 bits per heavy atom. The molecule has 0 amide bonds. The number of sulfonamides is 1. The standard InChI is InChI=1S/C22H24N4O3S/c1-16-6-3-9-21(23-16)25-22-10-4-7-19(24-22)20-8-5-15-26(20)30(27,28)18-13-11-17(29-2)12-14-18/h3-4,6-7,9-14,20H,5,8,15H2,1-2H3,(H,23,24,25). The predicted octanol–water partition coefficient (Wildman–Crippen LogP) is 4.06. The highest BCUT2D eigenvalue weighted by Crippen LogP contribution is 2.36. The molecule has 0 spiro atoms. The molecule has 4 rings (SSSR count). The molecule has 1 aromatic carbocycles. The molecule has 1 aliphatic heterocycles. The SMILES string of the molecule is COc1ccc(S(=O)(=O)N2CCCC2c2cccc(Nc3cccc(C)n3)n2)cc1. The molecule has 0 saturated carbocycles. The lowest BCUT2D eigenvalue weighted by atomic mass is 10.1. The molecular formula is C22H24N4O3S. The minimum absolute atomic E-state index is 0.258. The molecule has 30 heavy (non-hydrogen) atoms. The third kappa shape index (κ3) is 4.15. The van der Waals surface area contributed by atoms with Gasteiger partial charge in [0.1, 0.15) is 17.4 Å². The summed E-state index contributed by atoms with van der Waals surface area (Å²) < 4.78 is 33.2. The van der Waals surface area contributed by atoms with Gasteiger partial charge in [-0.05, 0) is 68.3 Å². The zero-order chi connectivity index (χ0) is 21.1. The van der Waals surface area contributed by atoms with Crippen molar-refractivity contribution in [3.8, 4) is 5.75 Å². The van der Waals surface area contributed by atoms with E-state index in [0.717, 1.165) is 24.2 Å². The Labute approximate surface area is 176 Å². The molecule has 2 aromatic heterocycles. The van der Waals surface area contributed by atoms with E-state index in [9.17, 15) is 8.42 Å². The second-order valence-corrected chi connectivity index (χ2v) is 9.08. The van der Waals surface area contributed by atoms with Gasteiger partial charge in [0.25, 0.3) is 0 Å². The molecule has 0 bridgehead atoms. The van der Waals surface area contributed by atoms with Gasteiger partial charge in [0.15, 0.2) is 0 Å². The molecule has 1 fully saturated rings. The number of rotatable bonds is 6. The monoisotopic (exact) mass is 424 g/mol. The largest absolute Gasteiger partial charge is 0.497 e. The topological polar surface area (TPSA) is 84.4 Å². The van der Waals surface area contributed by atoms with Crippen LogP contribution in [0.2, 0.25) is 0 Å². The molecule has 3 heterocycles. The van der Waals surface area contributed by atoms with Gasteiger partial charge in [-0.1, -0.05) is 12.1 Å². The van der Waals surface area contributed by atoms with Gasteiger partial charge in [-0.2, -0.15) is 4.31 Å². The third-order valence-electron chi connectivity index (χ3n) is 5.13. The number of hydrogen-bond acceptors (Lipinski definition) is 6. The summed E-state index contributed by atoms with van der Waals surface area (Å²) in [7, 11) is -2.08. The summed E-state index contributed by atoms with van der Waals surface area (Å²) in [6, 6.07) is 17.5. The average molecular weight is 425 g/mol. The first kappa shape index (κ1) is 20.3. The maximum atomic E-state index is 13.3. The van der Waals surface area contributed by atoms with Crippen LogP contribution in [0.5, 0.6) is 5.75 Å². The van der Waals surface area contributed by atoms with Crippen molar-refractivity contribution in [3.05, 3.63) is 72.1 Å². The van der Waals surface area contributed by atoms with E-state index in [1.807, 2.05) is 43.3 Å². The van der Waals surface area contributed by atoms with E-state index in [1.165, 1.54) is 0 Å². The summed E-state index contributed by atoms with van der Waals surface area (Å²) in [6.07, 6.45) is 1.52. The van der Waals surface area contributed by atoms with Crippen molar-refractivity contribution < 1.29 is 13.2 Å². The Morgan fingerprint density at radius 3 is 2.40 bits per heavy atom. The fourth-order valence-electron chi connectivity index (χ4n) is 3.66. The smallest absolute Gasteiger partial charge is 0.243 e. The van der Waals surface area contributed by atoms with Crippen molar-refractivity contribution in [2.24, 2.45) is 0 Å². The Balaban J connectivity index is 1.60. The second kappa shape index (κ2) is 8.41. The second-order valence-electron chi connectivity index (χ2n) is 7.19. The Bertz CT molecular complexity index is 1130. The van der Waals surface area contributed by atoms with Crippen LogP contribution in [0.25, 0.3) is 0 Å². The quantitative estimate of drug-likeness (QED) is 0.642. The molecule has 1 aliphatic rings. The number of aromatic nitrogens is 2. The van der Waals surface area contributed by atoms with Crippen LogP contribution in [0.4, 0.5) is 11.6 Å². The zero-order valence-electron chi connectivity index (χ0n) is 16.9. The number of pyridine rings is 2. The molecule has 1 N–H and O–H groups in total. The number of nitrogens with one attached hydrogen (secondary N) is 1. The number of aryl methyl sites for hydroxylation is 1. The van der Waals surface area contributed by atoms with Crippen molar-refractivity contribution in [2.75, 3.05) is 19.0 Å². The van der Waals surface area contributed by atoms with Crippen LogP contribution in [0.3, 0.4) is 0 Å². The minimum atomic E-state index is -3.63. The highest BCUT2D eigenvalue weighted by molar-refractivity contribution is 7.89. The van der Waals surface area contributed by atoms with E-state index in [2.05, 4.69) is 15.3 Å². The van der Waals surface area contributed by atoms with Crippen LogP contribution in [-0.4, -0.2) is 36.3 Å². The van der Waals surface area contributed by atoms with E-state index in [4.69, 9.17) is 4.74 Å². The molecule has 156 valence electrons. The summed E-state index contributed by atoms with van der Waals surface area (Å²) in [6.45, 7) is 2.40. The van der Waals surface area contributed by atoms with Gasteiger partial charge in [0.2, 0.25) is 10.0 Å². The third-order valence-corrected chi connectivity index (χ3v) is 7.05. The molecule has 0 radical (unpaired) electrons. The maximum Gasteiger partial charge on any atom is 0.243 e. The number of anilines is 2. The van der Waals surface area contributed by atoms with Gasteiger partial charge in [-0.25, -0.2) is 18.4 Å². The van der Waals surface area contributed by atoms with Crippen LogP contribution < -0.4 is 10.1 Å². The van der Waals surface area contributed by atoms with Gasteiger partial charge in [-0.3, -0.25) is 0 Å². The Hall–Kier alpha value is -2.97. The molecular weight excluding hydrogens is 400 g/mol. The molecule has 1 unspecified atom stereocenters. The van der Waals surface area contributed by atoms with Crippen LogP contribution in [-0.2, 0) is 10.0 Å². The fourth-order valence-corrected chi connectivity index (χ4v) is 5.33. The summed E-state index contributed by atoms with van der Waals surface area (Å²) in [5.74, 6) is 1.96. The molecule has 1 saturated heterocycles. The van der Waals surface area contributed by atoms with E-state index in [0.29, 0.717) is 23.9 Å². The number of ether oxygens (including phenoxy) is 1. The molecule has 7 nitrogen and oxygen atoms in total. The Morgan fingerprint density at radius 1 is 1.00 bits per heavy atom. The normalized spacial score (nSPS) is 17.1. The van der Waals surface area contributed by atoms with Crippen molar-refractivity contribution in [2.45, 2.75) is 30.7 Å². The van der Waals surface area contributed by atoms with Crippen LogP contribution in [0, 0.1) is 6.92 Å². The van der Waals surface area contributed by atoms with Gasteiger partial charge in [-0.15, -0.1) is 0 Å². The summed E-state index contributed by atoms with van der Waals surface area (Å²) >= 11 is 0. The summed E-state index contributed by atoms with van der Waals surface area (Å²) in [4.78, 5) is 9.38. The van der Waals surface area contributed by atoms with Crippen LogP contribution in [0.1, 0.15) is 30.3 Å². The number of hydrogen-bond donors (Lipinski definition) is 1. The van der Waals surface area contributed by atoms with Crippen LogP contribution >= 0.6 is 0 Å². The van der Waals surface area contributed by atoms with E-state index < -0.39 is 10.0 Å². The molecule has 8 heteroatoms. The lowest BCUT2D eigenvalue weighted by molar-refractivity contribution is 0.390. The number of benzene rings is 1. The highest BCUT2D eigenvalue weighted by atomic mass is 32.2. The van der Waals surface area contributed by atoms with Crippen molar-refractivity contribution in [1.29, 1.82) is 0 Å². The minimum Gasteiger partial charge on any atom is -0.497 e. The summed E-state index contributed by atoms with van der Waals surface area (Å²) in [5.41, 5.74) is 1.63. The lowest BCUT2D eigenvalue weighted by Crippen LogP contribution is -2.31. The number of methoxy groups -OCH3 is 1. The molecule has 1 atom stereocenters. The fraction of sp³-hybridized carbons (Fsp3) is 0.273. The highest BCUT2D eigenvalue weighted by Gasteiger charge is 2.37. The van der Waals surface area contributed by atoms with Gasteiger partial charge < -0.3 is 10.1 Å². The first-order valence-corrected chi connectivity index (χ1v) is 11.2. The predicted molar refractivity (Wildman–Crippen MR) is 115 cm³/mol.